The van der Waals surface area contributed by atoms with Crippen molar-refractivity contribution in [3.8, 4) is 11.5 Å². The molecule has 4 rings (SSSR count). The number of methoxy groups -OCH3 is 2. The largest absolute Gasteiger partial charge is 0.497 e. The lowest BCUT2D eigenvalue weighted by Gasteiger charge is -2.41. The second-order valence-corrected chi connectivity index (χ2v) is 7.81. The van der Waals surface area contributed by atoms with Crippen molar-refractivity contribution in [1.29, 1.82) is 0 Å². The molecule has 2 amide bonds. The van der Waals surface area contributed by atoms with Crippen molar-refractivity contribution in [2.24, 2.45) is 0 Å². The van der Waals surface area contributed by atoms with E-state index in [1.165, 1.54) is 19.1 Å². The molecule has 3 aromatic rings. The molecule has 2 aromatic carbocycles. The van der Waals surface area contributed by atoms with E-state index in [1.807, 2.05) is 0 Å². The highest BCUT2D eigenvalue weighted by atomic mass is 16.5. The monoisotopic (exact) mass is 437 g/mol. The van der Waals surface area contributed by atoms with Crippen LogP contribution in [0, 0.1) is 0 Å². The average Bonchev–Trinajstić information content (AvgIpc) is 3.21. The molecule has 2 N–H and O–H groups in total. The number of anilines is 2. The van der Waals surface area contributed by atoms with Crippen molar-refractivity contribution in [1.82, 2.24) is 4.98 Å². The number of H-pyrrole nitrogens is 1. The van der Waals surface area contributed by atoms with Gasteiger partial charge in [-0.2, -0.15) is 0 Å². The molecule has 1 aliphatic heterocycles. The molecule has 0 fully saturated rings. The molecule has 9 nitrogen and oxygen atoms in total. The van der Waals surface area contributed by atoms with Crippen LogP contribution < -0.4 is 19.7 Å². The van der Waals surface area contributed by atoms with Crippen molar-refractivity contribution >= 4 is 40.1 Å². The van der Waals surface area contributed by atoms with Crippen molar-refractivity contribution < 1.29 is 28.6 Å². The van der Waals surface area contributed by atoms with Crippen LogP contribution in [-0.4, -0.2) is 49.1 Å². The van der Waals surface area contributed by atoms with Gasteiger partial charge in [0.15, 0.2) is 6.61 Å². The zero-order valence-electron chi connectivity index (χ0n) is 18.1. The minimum Gasteiger partial charge on any atom is -0.497 e. The summed E-state index contributed by atoms with van der Waals surface area (Å²) in [4.78, 5) is 42.5. The first-order valence-electron chi connectivity index (χ1n) is 9.91. The summed E-state index contributed by atoms with van der Waals surface area (Å²) in [5.41, 5.74) is 0.682. The number of aromatic nitrogens is 1. The molecule has 32 heavy (non-hydrogen) atoms. The Hall–Kier alpha value is -4.01. The summed E-state index contributed by atoms with van der Waals surface area (Å²) < 4.78 is 15.9. The molecular formula is C23H23N3O6. The van der Waals surface area contributed by atoms with Crippen molar-refractivity contribution in [2.45, 2.75) is 19.4 Å². The van der Waals surface area contributed by atoms with Crippen LogP contribution in [0.1, 0.15) is 24.3 Å². The molecule has 1 aliphatic rings. The van der Waals surface area contributed by atoms with E-state index in [2.05, 4.69) is 10.3 Å². The molecule has 0 saturated carbocycles. The third-order valence-electron chi connectivity index (χ3n) is 5.43. The number of para-hydroxylation sites is 2. The molecule has 0 spiro atoms. The summed E-state index contributed by atoms with van der Waals surface area (Å²) in [7, 11) is 3.05. The number of hydrogen-bond acceptors (Lipinski definition) is 6. The molecule has 0 unspecified atom stereocenters. The number of benzene rings is 2. The van der Waals surface area contributed by atoms with E-state index in [0.717, 1.165) is 0 Å². The number of hydrogen-bond donors (Lipinski definition) is 2. The molecule has 166 valence electrons. The standard InChI is InChI=1S/C23H23N3O6/c1-23(2)22(29)25-15-7-5-6-8-17(15)26(23)19(27)12-32-21(28)16-10-13-9-14(30-3)11-18(31-4)20(13)24-16/h5-11,24H,12H2,1-4H3,(H,25,29). The molecule has 2 heterocycles. The van der Waals surface area contributed by atoms with Crippen LogP contribution >= 0.6 is 0 Å². The van der Waals surface area contributed by atoms with Crippen LogP contribution in [0.25, 0.3) is 10.9 Å². The number of fused-ring (bicyclic) bond motifs is 2. The second-order valence-electron chi connectivity index (χ2n) is 7.81. The van der Waals surface area contributed by atoms with Crippen LogP contribution in [0.4, 0.5) is 11.4 Å². The van der Waals surface area contributed by atoms with E-state index < -0.39 is 24.0 Å². The number of nitrogens with zero attached hydrogens (tertiary/aromatic N) is 1. The maximum Gasteiger partial charge on any atom is 0.355 e. The van der Waals surface area contributed by atoms with E-state index in [4.69, 9.17) is 14.2 Å². The topological polar surface area (TPSA) is 110 Å². The van der Waals surface area contributed by atoms with Crippen LogP contribution in [-0.2, 0) is 14.3 Å². The maximum absolute atomic E-state index is 13.0. The lowest BCUT2D eigenvalue weighted by atomic mass is 9.96. The van der Waals surface area contributed by atoms with Gasteiger partial charge in [-0.15, -0.1) is 0 Å². The van der Waals surface area contributed by atoms with Gasteiger partial charge in [-0.1, -0.05) is 12.1 Å². The number of carbonyl (C=O) groups excluding carboxylic acids is 3. The van der Waals surface area contributed by atoms with Crippen molar-refractivity contribution in [3.05, 3.63) is 48.2 Å². The van der Waals surface area contributed by atoms with Crippen LogP contribution in [0.15, 0.2) is 42.5 Å². The number of aromatic amines is 1. The summed E-state index contributed by atoms with van der Waals surface area (Å²) in [6.45, 7) is 2.74. The SMILES string of the molecule is COc1cc(OC)c2[nH]c(C(=O)OCC(=O)N3c4ccccc4NC(=O)C3(C)C)cc2c1. The summed E-state index contributed by atoms with van der Waals surface area (Å²) >= 11 is 0. The highest BCUT2D eigenvalue weighted by Gasteiger charge is 2.43. The smallest absolute Gasteiger partial charge is 0.355 e. The predicted molar refractivity (Wildman–Crippen MR) is 118 cm³/mol. The fourth-order valence-corrected chi connectivity index (χ4v) is 3.74. The Morgan fingerprint density at radius 1 is 1.06 bits per heavy atom. The Morgan fingerprint density at radius 2 is 1.81 bits per heavy atom. The first-order chi connectivity index (χ1) is 15.3. The van der Waals surface area contributed by atoms with E-state index in [9.17, 15) is 14.4 Å². The van der Waals surface area contributed by atoms with Gasteiger partial charge >= 0.3 is 5.97 Å². The molecular weight excluding hydrogens is 414 g/mol. The van der Waals surface area contributed by atoms with E-state index >= 15 is 0 Å². The molecule has 0 radical (unpaired) electrons. The molecule has 0 atom stereocenters. The van der Waals surface area contributed by atoms with E-state index in [-0.39, 0.29) is 11.6 Å². The van der Waals surface area contributed by atoms with E-state index in [1.54, 1.807) is 56.3 Å². The number of rotatable bonds is 5. The van der Waals surface area contributed by atoms with Gasteiger partial charge in [-0.05, 0) is 38.1 Å². The maximum atomic E-state index is 13.0. The number of ether oxygens (including phenoxy) is 3. The van der Waals surface area contributed by atoms with Gasteiger partial charge in [0.25, 0.3) is 5.91 Å². The van der Waals surface area contributed by atoms with E-state index in [0.29, 0.717) is 33.8 Å². The summed E-state index contributed by atoms with van der Waals surface area (Å²) in [5, 5.41) is 3.49. The molecule has 0 saturated heterocycles. The lowest BCUT2D eigenvalue weighted by molar-refractivity contribution is -0.128. The fraction of sp³-hybridized carbons (Fsp3) is 0.261. The van der Waals surface area contributed by atoms with Crippen molar-refractivity contribution in [2.75, 3.05) is 31.0 Å². The Labute approximate surface area is 184 Å². The van der Waals surface area contributed by atoms with Gasteiger partial charge in [0, 0.05) is 11.5 Å². The first kappa shape index (κ1) is 21.2. The third kappa shape index (κ3) is 3.51. The first-order valence-corrected chi connectivity index (χ1v) is 9.91. The third-order valence-corrected chi connectivity index (χ3v) is 5.43. The van der Waals surface area contributed by atoms with Crippen LogP contribution in [0.3, 0.4) is 0 Å². The summed E-state index contributed by atoms with van der Waals surface area (Å²) in [6.07, 6.45) is 0. The zero-order valence-corrected chi connectivity index (χ0v) is 18.1. The quantitative estimate of drug-likeness (QED) is 0.594. The van der Waals surface area contributed by atoms with Gasteiger partial charge in [-0.25, -0.2) is 4.79 Å². The predicted octanol–water partition coefficient (Wildman–Crippen LogP) is 3.11. The minimum absolute atomic E-state index is 0.162. The zero-order chi connectivity index (χ0) is 23.0. The highest BCUT2D eigenvalue weighted by molar-refractivity contribution is 6.14. The normalized spacial score (nSPS) is 14.5. The van der Waals surface area contributed by atoms with Gasteiger partial charge in [0.2, 0.25) is 5.91 Å². The molecule has 0 aliphatic carbocycles. The van der Waals surface area contributed by atoms with Gasteiger partial charge in [-0.3, -0.25) is 14.5 Å². The number of amides is 2. The average molecular weight is 437 g/mol. The number of esters is 1. The Morgan fingerprint density at radius 3 is 2.53 bits per heavy atom. The molecule has 0 bridgehead atoms. The number of nitrogens with one attached hydrogen (secondary N) is 2. The molecule has 1 aromatic heterocycles. The minimum atomic E-state index is -1.15. The number of carbonyl (C=O) groups is 3. The van der Waals surface area contributed by atoms with Gasteiger partial charge < -0.3 is 24.5 Å². The Balaban J connectivity index is 1.55. The van der Waals surface area contributed by atoms with Crippen molar-refractivity contribution in [3.63, 3.8) is 0 Å². The Kier molecular flexibility index (Phi) is 5.25. The Bertz CT molecular complexity index is 1230. The summed E-state index contributed by atoms with van der Waals surface area (Å²) in [5.74, 6) is -0.462. The molecule has 9 heteroatoms. The lowest BCUT2D eigenvalue weighted by Crippen LogP contribution is -2.59. The van der Waals surface area contributed by atoms with Crippen LogP contribution in [0.2, 0.25) is 0 Å². The fourth-order valence-electron chi connectivity index (χ4n) is 3.74. The van der Waals surface area contributed by atoms with Crippen LogP contribution in [0.5, 0.6) is 11.5 Å². The summed E-state index contributed by atoms with van der Waals surface area (Å²) in [6, 6.07) is 12.0. The van der Waals surface area contributed by atoms with Gasteiger partial charge in [0.1, 0.15) is 22.7 Å². The highest BCUT2D eigenvalue weighted by Crippen LogP contribution is 2.37. The van der Waals surface area contributed by atoms with Gasteiger partial charge in [0.05, 0.1) is 31.1 Å². The second kappa shape index (κ2) is 7.92.